The smallest absolute Gasteiger partial charge is 0.504 e. The molecule has 2 rings (SSSR count). The van der Waals surface area contributed by atoms with Gasteiger partial charge in [0.05, 0.1) is 0 Å². The van der Waals surface area contributed by atoms with Crippen LogP contribution in [0.2, 0.25) is 0 Å². The van der Waals surface area contributed by atoms with Gasteiger partial charge in [0.25, 0.3) is 0 Å². The molecular weight excluding hydrogens is 211 g/mol. The van der Waals surface area contributed by atoms with Gasteiger partial charge in [-0.1, -0.05) is 30.3 Å². The van der Waals surface area contributed by atoms with E-state index in [2.05, 4.69) is 0 Å². The van der Waals surface area contributed by atoms with Crippen molar-refractivity contribution in [1.82, 2.24) is 0 Å². The molecule has 0 atom stereocenters. The first-order valence-electron chi connectivity index (χ1n) is 4.46. The molecule has 16 heavy (non-hydrogen) atoms. The predicted molar refractivity (Wildman–Crippen MR) is 59.7 cm³/mol. The van der Waals surface area contributed by atoms with Gasteiger partial charge in [-0.25, -0.2) is 0 Å². The van der Waals surface area contributed by atoms with Crippen LogP contribution in [0.15, 0.2) is 36.4 Å². The highest BCUT2D eigenvalue weighted by Gasteiger charge is 2.02. The molecule has 0 heterocycles. The Kier molecular flexibility index (Phi) is 4.13. The van der Waals surface area contributed by atoms with Crippen LogP contribution in [0, 0.1) is 0 Å². The number of fused-ring (bicyclic) bond motifs is 1. The second-order valence-corrected chi connectivity index (χ2v) is 3.00. The minimum atomic E-state index is -2.17. The second kappa shape index (κ2) is 5.36. The van der Waals surface area contributed by atoms with Crippen LogP contribution in [0.25, 0.3) is 10.8 Å². The topological polar surface area (TPSA) is 101 Å². The van der Waals surface area contributed by atoms with Crippen molar-refractivity contribution in [3.8, 4) is 11.5 Å². The van der Waals surface area contributed by atoms with Crippen LogP contribution in [0.1, 0.15) is 0 Å². The molecule has 0 saturated heterocycles. The molecule has 0 bridgehead atoms. The maximum Gasteiger partial charge on any atom is 0.631 e. The van der Waals surface area contributed by atoms with E-state index in [0.717, 1.165) is 5.39 Å². The Morgan fingerprint density at radius 3 is 2.00 bits per heavy atom. The van der Waals surface area contributed by atoms with E-state index in [9.17, 15) is 5.11 Å². The van der Waals surface area contributed by atoms with Crippen LogP contribution >= 0.6 is 0 Å². The molecule has 0 saturated carbocycles. The Labute approximate surface area is 92.0 Å². The number of hydrogen-bond acceptors (Lipinski definition) is 5. The van der Waals surface area contributed by atoms with Gasteiger partial charge in [-0.15, -0.1) is 0 Å². The summed E-state index contributed by atoms with van der Waals surface area (Å²) in [4.78, 5) is 0. The molecule has 5 nitrogen and oxygen atoms in total. The normalized spacial score (nSPS) is 9.44. The first-order valence-corrected chi connectivity index (χ1v) is 4.46. The van der Waals surface area contributed by atoms with Gasteiger partial charge in [-0.05, 0) is 11.5 Å². The molecule has 5 N–H and O–H groups in total. The van der Waals surface area contributed by atoms with Gasteiger partial charge >= 0.3 is 7.32 Å². The van der Waals surface area contributed by atoms with E-state index in [0.29, 0.717) is 5.39 Å². The lowest BCUT2D eigenvalue weighted by molar-refractivity contribution is 0.278. The van der Waals surface area contributed by atoms with Crippen molar-refractivity contribution < 1.29 is 25.3 Å². The van der Waals surface area contributed by atoms with Crippen LogP contribution in [0.3, 0.4) is 0 Å². The molecule has 0 aromatic heterocycles. The average Bonchev–Trinajstić information content (AvgIpc) is 2.23. The van der Waals surface area contributed by atoms with E-state index >= 15 is 0 Å². The zero-order valence-electron chi connectivity index (χ0n) is 8.28. The van der Waals surface area contributed by atoms with Crippen LogP contribution in [-0.2, 0) is 0 Å². The Morgan fingerprint density at radius 2 is 1.38 bits per heavy atom. The Balaban J connectivity index is 0.000000280. The van der Waals surface area contributed by atoms with Gasteiger partial charge in [0.1, 0.15) is 0 Å². The van der Waals surface area contributed by atoms with E-state index in [1.54, 1.807) is 12.1 Å². The molecule has 0 unspecified atom stereocenters. The maximum atomic E-state index is 9.41. The molecule has 2 aromatic rings. The predicted octanol–water partition coefficient (Wildman–Crippen LogP) is 0.199. The highest BCUT2D eigenvalue weighted by molar-refractivity contribution is 6.30. The molecule has 0 spiro atoms. The van der Waals surface area contributed by atoms with Crippen molar-refractivity contribution in [3.05, 3.63) is 36.4 Å². The van der Waals surface area contributed by atoms with Crippen molar-refractivity contribution in [2.45, 2.75) is 0 Å². The minimum absolute atomic E-state index is 0.0481. The van der Waals surface area contributed by atoms with Gasteiger partial charge in [-0.2, -0.15) is 0 Å². The first kappa shape index (κ1) is 12.3. The van der Waals surface area contributed by atoms with E-state index in [1.165, 1.54) is 6.07 Å². The largest absolute Gasteiger partial charge is 0.631 e. The molecule has 0 amide bonds. The molecule has 2 aromatic carbocycles. The fourth-order valence-corrected chi connectivity index (χ4v) is 1.24. The van der Waals surface area contributed by atoms with Crippen LogP contribution in [0.4, 0.5) is 0 Å². The summed E-state index contributed by atoms with van der Waals surface area (Å²) in [6.45, 7) is 0. The summed E-state index contributed by atoms with van der Waals surface area (Å²) in [6.07, 6.45) is 0. The zero-order chi connectivity index (χ0) is 12.1. The van der Waals surface area contributed by atoms with Crippen molar-refractivity contribution in [3.63, 3.8) is 0 Å². The third-order valence-corrected chi connectivity index (χ3v) is 1.88. The Bertz CT molecular complexity index is 469. The number of phenols is 2. The summed E-state index contributed by atoms with van der Waals surface area (Å²) in [5.41, 5.74) is 0. The van der Waals surface area contributed by atoms with Gasteiger partial charge in [0.15, 0.2) is 11.5 Å². The number of benzene rings is 2. The van der Waals surface area contributed by atoms with E-state index in [1.807, 2.05) is 18.2 Å². The lowest BCUT2D eigenvalue weighted by atomic mass is 10.1. The number of rotatable bonds is 0. The summed E-state index contributed by atoms with van der Waals surface area (Å²) >= 11 is 0. The first-order chi connectivity index (χ1) is 7.52. The van der Waals surface area contributed by atoms with Crippen molar-refractivity contribution in [1.29, 1.82) is 0 Å². The Morgan fingerprint density at radius 1 is 0.812 bits per heavy atom. The lowest BCUT2D eigenvalue weighted by Gasteiger charge is -2.01. The van der Waals surface area contributed by atoms with Crippen molar-refractivity contribution in [2.75, 3.05) is 0 Å². The quantitative estimate of drug-likeness (QED) is 0.323. The van der Waals surface area contributed by atoms with E-state index in [-0.39, 0.29) is 11.5 Å². The highest BCUT2D eigenvalue weighted by Crippen LogP contribution is 2.32. The molecule has 0 fully saturated rings. The zero-order valence-corrected chi connectivity index (χ0v) is 8.28. The minimum Gasteiger partial charge on any atom is -0.504 e. The van der Waals surface area contributed by atoms with Crippen LogP contribution < -0.4 is 0 Å². The molecule has 0 aliphatic carbocycles. The average molecular weight is 222 g/mol. The van der Waals surface area contributed by atoms with Gasteiger partial charge < -0.3 is 25.3 Å². The van der Waals surface area contributed by atoms with Crippen LogP contribution in [0.5, 0.6) is 11.5 Å². The van der Waals surface area contributed by atoms with Crippen molar-refractivity contribution in [2.24, 2.45) is 0 Å². The van der Waals surface area contributed by atoms with Gasteiger partial charge in [-0.3, -0.25) is 0 Å². The molecule has 0 radical (unpaired) electrons. The molecule has 6 heteroatoms. The third kappa shape index (κ3) is 3.13. The van der Waals surface area contributed by atoms with Gasteiger partial charge in [0, 0.05) is 5.39 Å². The van der Waals surface area contributed by atoms with Crippen molar-refractivity contribution >= 4 is 18.1 Å². The number of hydrogen-bond donors (Lipinski definition) is 5. The fourth-order valence-electron chi connectivity index (χ4n) is 1.24. The van der Waals surface area contributed by atoms with E-state index in [4.69, 9.17) is 20.2 Å². The number of aromatic hydroxyl groups is 2. The fraction of sp³-hybridized carbons (Fsp3) is 0. The summed E-state index contributed by atoms with van der Waals surface area (Å²) in [5, 5.41) is 41.7. The summed E-state index contributed by atoms with van der Waals surface area (Å²) in [5.74, 6) is -0.123. The number of phenolic OH excluding ortho intramolecular Hbond substituents is 2. The molecule has 84 valence electrons. The highest BCUT2D eigenvalue weighted by atomic mass is 16.5. The molecule has 0 aliphatic heterocycles. The second-order valence-electron chi connectivity index (χ2n) is 3.00. The standard InChI is InChI=1S/C10H8O2.BH3O3/c11-9-6-5-7-3-1-2-4-8(7)10(9)12;2-1(3)4/h1-6,11-12H;2-4H. The summed E-state index contributed by atoms with van der Waals surface area (Å²) in [7, 11) is -2.17. The van der Waals surface area contributed by atoms with Crippen LogP contribution in [-0.4, -0.2) is 32.6 Å². The monoisotopic (exact) mass is 222 g/mol. The molecule has 0 aliphatic rings. The van der Waals surface area contributed by atoms with Gasteiger partial charge in [0.2, 0.25) is 0 Å². The lowest BCUT2D eigenvalue weighted by Crippen LogP contribution is -2.07. The van der Waals surface area contributed by atoms with E-state index < -0.39 is 7.32 Å². The molecular formula is C10H11BO5. The maximum absolute atomic E-state index is 9.41. The Hall–Kier alpha value is -1.76. The third-order valence-electron chi connectivity index (χ3n) is 1.88. The summed E-state index contributed by atoms with van der Waals surface area (Å²) in [6, 6.07) is 10.6. The SMILES string of the molecule is OB(O)O.Oc1ccc2ccccc2c1O. The summed E-state index contributed by atoms with van der Waals surface area (Å²) < 4.78 is 0.